The fraction of sp³-hybridized carbons (Fsp3) is 0.400. The van der Waals surface area contributed by atoms with Crippen LogP contribution in [-0.4, -0.2) is 52.4 Å². The van der Waals surface area contributed by atoms with Crippen LogP contribution < -0.4 is 15.4 Å². The van der Waals surface area contributed by atoms with Gasteiger partial charge in [0.25, 0.3) is 0 Å². The molecule has 1 fully saturated rings. The molecule has 2 aromatic heterocycles. The number of carbonyl (C=O) groups excluding carboxylic acids is 1. The molecule has 4 rings (SSSR count). The minimum atomic E-state index is -0.0488. The SMILES string of the molecule is COc1ccccc1CC(=O)NCCn1nc(C2CCNC2)c2nccnc21. The smallest absolute Gasteiger partial charge is 0.224 e. The van der Waals surface area contributed by atoms with Gasteiger partial charge in [-0.1, -0.05) is 18.2 Å². The molecule has 8 heteroatoms. The third-order valence-electron chi connectivity index (χ3n) is 5.03. The van der Waals surface area contributed by atoms with Gasteiger partial charge in [0.15, 0.2) is 5.65 Å². The van der Waals surface area contributed by atoms with E-state index in [1.807, 2.05) is 28.9 Å². The Bertz CT molecular complexity index is 964. The summed E-state index contributed by atoms with van der Waals surface area (Å²) in [6.45, 7) is 2.94. The number of hydrogen-bond acceptors (Lipinski definition) is 6. The van der Waals surface area contributed by atoms with E-state index in [-0.39, 0.29) is 12.3 Å². The molecule has 2 N–H and O–H groups in total. The van der Waals surface area contributed by atoms with Crippen LogP contribution in [-0.2, 0) is 17.8 Å². The maximum absolute atomic E-state index is 12.3. The summed E-state index contributed by atoms with van der Waals surface area (Å²) >= 11 is 0. The summed E-state index contributed by atoms with van der Waals surface area (Å²) in [6.07, 6.45) is 4.72. The van der Waals surface area contributed by atoms with Crippen LogP contribution in [0, 0.1) is 0 Å². The van der Waals surface area contributed by atoms with Gasteiger partial charge in [-0.2, -0.15) is 5.10 Å². The van der Waals surface area contributed by atoms with E-state index >= 15 is 0 Å². The lowest BCUT2D eigenvalue weighted by Gasteiger charge is -2.09. The summed E-state index contributed by atoms with van der Waals surface area (Å²) in [6, 6.07) is 7.55. The number of rotatable bonds is 7. The van der Waals surface area contributed by atoms with Crippen molar-refractivity contribution in [1.82, 2.24) is 30.4 Å². The Labute approximate surface area is 163 Å². The number of para-hydroxylation sites is 1. The van der Waals surface area contributed by atoms with Crippen molar-refractivity contribution in [2.75, 3.05) is 26.7 Å². The van der Waals surface area contributed by atoms with Crippen molar-refractivity contribution in [3.63, 3.8) is 0 Å². The molecule has 3 aromatic rings. The Balaban J connectivity index is 1.41. The van der Waals surface area contributed by atoms with Gasteiger partial charge < -0.3 is 15.4 Å². The summed E-state index contributed by atoms with van der Waals surface area (Å²) in [5, 5.41) is 11.1. The molecule has 28 heavy (non-hydrogen) atoms. The highest BCUT2D eigenvalue weighted by Crippen LogP contribution is 2.26. The van der Waals surface area contributed by atoms with Crippen LogP contribution in [0.15, 0.2) is 36.7 Å². The normalized spacial score (nSPS) is 16.4. The van der Waals surface area contributed by atoms with E-state index in [4.69, 9.17) is 9.84 Å². The van der Waals surface area contributed by atoms with Crippen molar-refractivity contribution in [2.45, 2.75) is 25.3 Å². The standard InChI is InChI=1S/C20H24N6O2/c1-28-16-5-3-2-4-14(16)12-17(27)22-10-11-26-20-19(23-8-9-24-20)18(25-26)15-6-7-21-13-15/h2-5,8-9,15,21H,6-7,10-13H2,1H3,(H,22,27). The maximum atomic E-state index is 12.3. The molecule has 0 radical (unpaired) electrons. The number of carbonyl (C=O) groups is 1. The van der Waals surface area contributed by atoms with Crippen LogP contribution in [0.3, 0.4) is 0 Å². The van der Waals surface area contributed by atoms with Crippen molar-refractivity contribution < 1.29 is 9.53 Å². The maximum Gasteiger partial charge on any atom is 0.224 e. The van der Waals surface area contributed by atoms with Gasteiger partial charge in [-0.25, -0.2) is 14.6 Å². The van der Waals surface area contributed by atoms with Crippen LogP contribution in [0.1, 0.15) is 23.6 Å². The molecule has 146 valence electrons. The first-order chi connectivity index (χ1) is 13.8. The minimum Gasteiger partial charge on any atom is -0.496 e. The molecule has 1 atom stereocenters. The number of nitrogens with one attached hydrogen (secondary N) is 2. The fourth-order valence-electron chi connectivity index (χ4n) is 3.63. The lowest BCUT2D eigenvalue weighted by molar-refractivity contribution is -0.120. The van der Waals surface area contributed by atoms with E-state index in [9.17, 15) is 4.79 Å². The van der Waals surface area contributed by atoms with E-state index in [0.717, 1.165) is 47.7 Å². The Kier molecular flexibility index (Phi) is 5.48. The zero-order valence-corrected chi connectivity index (χ0v) is 15.9. The third kappa shape index (κ3) is 3.82. The average molecular weight is 380 g/mol. The van der Waals surface area contributed by atoms with Gasteiger partial charge in [-0.3, -0.25) is 4.79 Å². The number of methoxy groups -OCH3 is 1. The highest BCUT2D eigenvalue weighted by Gasteiger charge is 2.24. The second-order valence-electron chi connectivity index (χ2n) is 6.87. The van der Waals surface area contributed by atoms with Crippen LogP contribution >= 0.6 is 0 Å². The molecule has 1 aromatic carbocycles. The van der Waals surface area contributed by atoms with Crippen molar-refractivity contribution in [1.29, 1.82) is 0 Å². The number of nitrogens with zero attached hydrogens (tertiary/aromatic N) is 4. The highest BCUT2D eigenvalue weighted by atomic mass is 16.5. The largest absolute Gasteiger partial charge is 0.496 e. The first-order valence-electron chi connectivity index (χ1n) is 9.53. The molecule has 0 spiro atoms. The first kappa shape index (κ1) is 18.4. The van der Waals surface area contributed by atoms with E-state index in [0.29, 0.717) is 19.0 Å². The summed E-state index contributed by atoms with van der Waals surface area (Å²) in [5.41, 5.74) is 3.49. The monoisotopic (exact) mass is 380 g/mol. The predicted molar refractivity (Wildman–Crippen MR) is 105 cm³/mol. The zero-order chi connectivity index (χ0) is 19.3. The Morgan fingerprint density at radius 3 is 3.00 bits per heavy atom. The molecular formula is C20H24N6O2. The minimum absolute atomic E-state index is 0.0488. The number of aromatic nitrogens is 4. The van der Waals surface area contributed by atoms with Crippen LogP contribution in [0.2, 0.25) is 0 Å². The number of hydrogen-bond donors (Lipinski definition) is 2. The fourth-order valence-corrected chi connectivity index (χ4v) is 3.63. The second kappa shape index (κ2) is 8.35. The molecule has 1 aliphatic rings. The molecule has 1 amide bonds. The van der Waals surface area contributed by atoms with E-state index in [2.05, 4.69) is 20.6 Å². The van der Waals surface area contributed by atoms with Gasteiger partial charge in [-0.05, 0) is 19.0 Å². The van der Waals surface area contributed by atoms with Gasteiger partial charge in [0.1, 0.15) is 11.3 Å². The predicted octanol–water partition coefficient (Wildman–Crippen LogP) is 1.27. The second-order valence-corrected chi connectivity index (χ2v) is 6.87. The van der Waals surface area contributed by atoms with Gasteiger partial charge in [0.2, 0.25) is 5.91 Å². The zero-order valence-electron chi connectivity index (χ0n) is 15.9. The number of fused-ring (bicyclic) bond motifs is 1. The summed E-state index contributed by atoms with van der Waals surface area (Å²) in [7, 11) is 1.61. The molecule has 0 saturated carbocycles. The highest BCUT2D eigenvalue weighted by molar-refractivity contribution is 5.79. The third-order valence-corrected chi connectivity index (χ3v) is 5.03. The molecular weight excluding hydrogens is 356 g/mol. The number of benzene rings is 1. The van der Waals surface area contributed by atoms with Crippen molar-refractivity contribution in [2.24, 2.45) is 0 Å². The topological polar surface area (TPSA) is 94.0 Å². The quantitative estimate of drug-likeness (QED) is 0.641. The summed E-state index contributed by atoms with van der Waals surface area (Å²) in [4.78, 5) is 21.3. The van der Waals surface area contributed by atoms with Crippen molar-refractivity contribution >= 4 is 17.1 Å². The van der Waals surface area contributed by atoms with Crippen molar-refractivity contribution in [3.8, 4) is 5.75 Å². The Morgan fingerprint density at radius 1 is 1.32 bits per heavy atom. The summed E-state index contributed by atoms with van der Waals surface area (Å²) in [5.74, 6) is 1.04. The molecule has 0 aliphatic carbocycles. The Morgan fingerprint density at radius 2 is 2.18 bits per heavy atom. The lowest BCUT2D eigenvalue weighted by atomic mass is 10.0. The van der Waals surface area contributed by atoms with Crippen LogP contribution in [0.5, 0.6) is 5.75 Å². The van der Waals surface area contributed by atoms with Gasteiger partial charge in [-0.15, -0.1) is 0 Å². The van der Waals surface area contributed by atoms with E-state index < -0.39 is 0 Å². The van der Waals surface area contributed by atoms with Crippen LogP contribution in [0.25, 0.3) is 11.2 Å². The molecule has 1 aliphatic heterocycles. The molecule has 3 heterocycles. The molecule has 1 unspecified atom stereocenters. The van der Waals surface area contributed by atoms with Gasteiger partial charge in [0, 0.05) is 37.0 Å². The van der Waals surface area contributed by atoms with E-state index in [1.54, 1.807) is 19.5 Å². The van der Waals surface area contributed by atoms with Crippen molar-refractivity contribution in [3.05, 3.63) is 47.9 Å². The summed E-state index contributed by atoms with van der Waals surface area (Å²) < 4.78 is 7.15. The van der Waals surface area contributed by atoms with Gasteiger partial charge in [0.05, 0.1) is 25.8 Å². The number of ether oxygens (including phenoxy) is 1. The van der Waals surface area contributed by atoms with Crippen LogP contribution in [0.4, 0.5) is 0 Å². The lowest BCUT2D eigenvalue weighted by Crippen LogP contribution is -2.29. The first-order valence-corrected chi connectivity index (χ1v) is 9.53. The average Bonchev–Trinajstić information content (AvgIpc) is 3.37. The molecule has 1 saturated heterocycles. The Hall–Kier alpha value is -3.00. The molecule has 8 nitrogen and oxygen atoms in total. The van der Waals surface area contributed by atoms with E-state index in [1.165, 1.54) is 0 Å². The molecule has 0 bridgehead atoms. The van der Waals surface area contributed by atoms with Gasteiger partial charge >= 0.3 is 0 Å². The number of amides is 1.